The first-order chi connectivity index (χ1) is 16.0. The molecule has 33 heavy (non-hydrogen) atoms. The molecule has 7 heteroatoms. The quantitative estimate of drug-likeness (QED) is 0.349. The Balaban J connectivity index is 1.70. The zero-order chi connectivity index (χ0) is 22.9. The summed E-state index contributed by atoms with van der Waals surface area (Å²) in [7, 11) is 1.62. The highest BCUT2D eigenvalue weighted by Crippen LogP contribution is 2.28. The molecular weight excluding hydrogens is 520 g/mol. The summed E-state index contributed by atoms with van der Waals surface area (Å²) < 4.78 is 8.51. The van der Waals surface area contributed by atoms with Crippen molar-refractivity contribution in [1.29, 1.82) is 0 Å². The summed E-state index contributed by atoms with van der Waals surface area (Å²) in [5.41, 5.74) is 3.65. The summed E-state index contributed by atoms with van der Waals surface area (Å²) in [5.74, 6) is 0.740. The number of halogens is 2. The van der Waals surface area contributed by atoms with Gasteiger partial charge in [0.25, 0.3) is 5.56 Å². The fraction of sp³-hybridized carbons (Fsp3) is 0.0769. The van der Waals surface area contributed by atoms with Crippen molar-refractivity contribution in [3.05, 3.63) is 125 Å². The van der Waals surface area contributed by atoms with E-state index in [0.717, 1.165) is 32.6 Å². The normalized spacial score (nSPS) is 15.5. The maximum Gasteiger partial charge on any atom is 0.271 e. The third kappa shape index (κ3) is 4.34. The molecule has 4 nitrogen and oxygen atoms in total. The summed E-state index contributed by atoms with van der Waals surface area (Å²) in [5, 5.41) is 0.656. The van der Waals surface area contributed by atoms with Crippen LogP contribution in [0.3, 0.4) is 0 Å². The fourth-order valence-corrected chi connectivity index (χ4v) is 5.47. The highest BCUT2D eigenvalue weighted by Gasteiger charge is 2.22. The largest absolute Gasteiger partial charge is 0.496 e. The van der Waals surface area contributed by atoms with Crippen molar-refractivity contribution in [3.63, 3.8) is 0 Å². The number of benzene rings is 3. The number of thiazole rings is 1. The van der Waals surface area contributed by atoms with E-state index < -0.39 is 0 Å². The summed E-state index contributed by atoms with van der Waals surface area (Å²) in [4.78, 5) is 19.0. The average Bonchev–Trinajstić information content (AvgIpc) is 3.15. The molecule has 2 heterocycles. The van der Waals surface area contributed by atoms with E-state index in [1.807, 2.05) is 84.9 Å². The molecule has 0 saturated heterocycles. The average molecular weight is 538 g/mol. The zero-order valence-electron chi connectivity index (χ0n) is 17.5. The van der Waals surface area contributed by atoms with Crippen molar-refractivity contribution < 1.29 is 4.74 Å². The van der Waals surface area contributed by atoms with Crippen molar-refractivity contribution in [2.75, 3.05) is 7.11 Å². The maximum absolute atomic E-state index is 13.5. The third-order valence-corrected chi connectivity index (χ3v) is 7.26. The number of aromatic nitrogens is 1. The van der Waals surface area contributed by atoms with Crippen LogP contribution in [-0.2, 0) is 0 Å². The van der Waals surface area contributed by atoms with Crippen molar-refractivity contribution in [1.82, 2.24) is 4.57 Å². The van der Waals surface area contributed by atoms with Gasteiger partial charge in [-0.15, -0.1) is 0 Å². The molecular formula is C26H18BrClN2O2S. The highest BCUT2D eigenvalue weighted by atomic mass is 79.9. The molecule has 0 spiro atoms. The van der Waals surface area contributed by atoms with E-state index >= 15 is 0 Å². The van der Waals surface area contributed by atoms with Gasteiger partial charge >= 0.3 is 0 Å². The molecule has 1 atom stereocenters. The van der Waals surface area contributed by atoms with Crippen molar-refractivity contribution >= 4 is 50.6 Å². The number of methoxy groups -OCH3 is 1. The topological polar surface area (TPSA) is 43.6 Å². The van der Waals surface area contributed by atoms with Crippen LogP contribution in [0.1, 0.15) is 22.7 Å². The summed E-state index contributed by atoms with van der Waals surface area (Å²) in [6.07, 6.45) is 3.92. The molecule has 1 aliphatic heterocycles. The Hall–Kier alpha value is -2.93. The minimum atomic E-state index is -0.279. The van der Waals surface area contributed by atoms with Crippen LogP contribution >= 0.6 is 38.9 Å². The van der Waals surface area contributed by atoms with Gasteiger partial charge in [0, 0.05) is 5.02 Å². The first-order valence-corrected chi connectivity index (χ1v) is 12.2. The number of hydrogen-bond donors (Lipinski definition) is 0. The highest BCUT2D eigenvalue weighted by molar-refractivity contribution is 9.10. The standard InChI is InChI=1S/C26H18BrClN2O2S/c1-32-23-12-7-16(13-20(23)27)14-24-25(31)30-22(18-8-10-19(28)11-9-18)15-21(29-26(30)33-24)17-5-3-2-4-6-17/h2-15,22H,1H3. The van der Waals surface area contributed by atoms with Crippen LogP contribution < -0.4 is 19.6 Å². The zero-order valence-corrected chi connectivity index (χ0v) is 20.7. The first-order valence-electron chi connectivity index (χ1n) is 10.2. The SMILES string of the molecule is COc1ccc(C=c2sc3n(c2=O)C(c2ccc(Cl)cc2)C=C(c2ccccc2)N=3)cc1Br. The van der Waals surface area contributed by atoms with Crippen LogP contribution in [0.25, 0.3) is 11.8 Å². The lowest BCUT2D eigenvalue weighted by atomic mass is 10.0. The van der Waals surface area contributed by atoms with Gasteiger partial charge in [0.05, 0.1) is 27.9 Å². The van der Waals surface area contributed by atoms with Gasteiger partial charge in [-0.25, -0.2) is 4.99 Å². The smallest absolute Gasteiger partial charge is 0.271 e. The minimum Gasteiger partial charge on any atom is -0.496 e. The monoisotopic (exact) mass is 536 g/mol. The van der Waals surface area contributed by atoms with E-state index in [4.69, 9.17) is 21.3 Å². The van der Waals surface area contributed by atoms with Crippen LogP contribution in [-0.4, -0.2) is 11.7 Å². The van der Waals surface area contributed by atoms with Gasteiger partial charge in [0.2, 0.25) is 0 Å². The van der Waals surface area contributed by atoms with E-state index in [2.05, 4.69) is 15.9 Å². The van der Waals surface area contributed by atoms with Gasteiger partial charge in [-0.1, -0.05) is 71.5 Å². The third-order valence-electron chi connectivity index (χ3n) is 5.40. The number of allylic oxidation sites excluding steroid dienone is 1. The Morgan fingerprint density at radius 1 is 1.09 bits per heavy atom. The molecule has 0 fully saturated rings. The van der Waals surface area contributed by atoms with Crippen molar-refractivity contribution in [2.45, 2.75) is 6.04 Å². The predicted molar refractivity (Wildman–Crippen MR) is 138 cm³/mol. The Morgan fingerprint density at radius 2 is 1.85 bits per heavy atom. The van der Waals surface area contributed by atoms with Gasteiger partial charge in [-0.2, -0.15) is 0 Å². The molecule has 0 radical (unpaired) electrons. The fourth-order valence-electron chi connectivity index (χ4n) is 3.77. The Morgan fingerprint density at radius 3 is 2.55 bits per heavy atom. The summed E-state index contributed by atoms with van der Waals surface area (Å²) in [6, 6.07) is 23.0. The molecule has 0 bridgehead atoms. The second-order valence-corrected chi connectivity index (χ2v) is 9.79. The molecule has 3 aromatic carbocycles. The second-order valence-electron chi connectivity index (χ2n) is 7.49. The number of fused-ring (bicyclic) bond motifs is 1. The van der Waals surface area contributed by atoms with Crippen molar-refractivity contribution in [3.8, 4) is 5.75 Å². The molecule has 1 aliphatic rings. The molecule has 0 aliphatic carbocycles. The van der Waals surface area contributed by atoms with Gasteiger partial charge in [0.15, 0.2) is 4.80 Å². The Labute approximate surface area is 207 Å². The lowest BCUT2D eigenvalue weighted by Gasteiger charge is -2.19. The van der Waals surface area contributed by atoms with Crippen LogP contribution in [0.5, 0.6) is 5.75 Å². The van der Waals surface area contributed by atoms with Crippen LogP contribution in [0, 0.1) is 0 Å². The molecule has 0 N–H and O–H groups in total. The molecule has 1 unspecified atom stereocenters. The lowest BCUT2D eigenvalue weighted by Crippen LogP contribution is -2.36. The molecule has 4 aromatic rings. The van der Waals surface area contributed by atoms with Crippen LogP contribution in [0.15, 0.2) is 93.1 Å². The Bertz CT molecular complexity index is 1540. The van der Waals surface area contributed by atoms with Crippen molar-refractivity contribution in [2.24, 2.45) is 4.99 Å². The Kier molecular flexibility index (Phi) is 6.06. The predicted octanol–water partition coefficient (Wildman–Crippen LogP) is 5.43. The molecule has 0 saturated carbocycles. The summed E-state index contributed by atoms with van der Waals surface area (Å²) in [6.45, 7) is 0. The molecule has 0 amide bonds. The van der Waals surface area contributed by atoms with Gasteiger partial charge in [0.1, 0.15) is 5.75 Å². The van der Waals surface area contributed by atoms with E-state index in [-0.39, 0.29) is 11.6 Å². The molecule has 1 aromatic heterocycles. The minimum absolute atomic E-state index is 0.0750. The molecule has 164 valence electrons. The maximum atomic E-state index is 13.5. The van der Waals surface area contributed by atoms with E-state index in [9.17, 15) is 4.79 Å². The number of nitrogens with zero attached hydrogens (tertiary/aromatic N) is 2. The first kappa shape index (κ1) is 21.9. The number of hydrogen-bond acceptors (Lipinski definition) is 4. The number of ether oxygens (including phenoxy) is 1. The van der Waals surface area contributed by atoms with E-state index in [0.29, 0.717) is 14.4 Å². The van der Waals surface area contributed by atoms with E-state index in [1.165, 1.54) is 11.3 Å². The van der Waals surface area contributed by atoms with Gasteiger partial charge in [-0.05, 0) is 69.0 Å². The van der Waals surface area contributed by atoms with Gasteiger partial charge < -0.3 is 4.74 Å². The number of rotatable bonds is 4. The molecule has 5 rings (SSSR count). The van der Waals surface area contributed by atoms with Crippen LogP contribution in [0.4, 0.5) is 0 Å². The van der Waals surface area contributed by atoms with E-state index in [1.54, 1.807) is 11.7 Å². The summed E-state index contributed by atoms with van der Waals surface area (Å²) >= 11 is 11.0. The second kappa shape index (κ2) is 9.14. The van der Waals surface area contributed by atoms with Gasteiger partial charge in [-0.3, -0.25) is 9.36 Å². The lowest BCUT2D eigenvalue weighted by molar-refractivity contribution is 0.412. The van der Waals surface area contributed by atoms with Crippen LogP contribution in [0.2, 0.25) is 5.02 Å².